The van der Waals surface area contributed by atoms with Gasteiger partial charge in [0.25, 0.3) is 0 Å². The third kappa shape index (κ3) is 1.59. The van der Waals surface area contributed by atoms with Crippen molar-refractivity contribution in [3.63, 3.8) is 0 Å². The van der Waals surface area contributed by atoms with Gasteiger partial charge in [-0.2, -0.15) is 0 Å². The van der Waals surface area contributed by atoms with Crippen LogP contribution in [-0.2, 0) is 5.33 Å². The van der Waals surface area contributed by atoms with E-state index in [2.05, 4.69) is 49.4 Å². The molecule has 1 nitrogen and oxygen atoms in total. The highest BCUT2D eigenvalue weighted by Crippen LogP contribution is 2.39. The van der Waals surface area contributed by atoms with Crippen molar-refractivity contribution in [3.8, 4) is 5.75 Å². The summed E-state index contributed by atoms with van der Waals surface area (Å²) in [7, 11) is 1.70. The Kier molecular flexibility index (Phi) is 3.14. The minimum absolute atomic E-state index is 0.808. The fraction of sp³-hybridized carbons (Fsp3) is 0.200. The van der Waals surface area contributed by atoms with E-state index >= 15 is 0 Å². The summed E-state index contributed by atoms with van der Waals surface area (Å²) in [5, 5.41) is 4.12. The van der Waals surface area contributed by atoms with Crippen LogP contribution in [0.4, 0.5) is 0 Å². The van der Waals surface area contributed by atoms with Crippen molar-refractivity contribution >= 4 is 53.3 Å². The third-order valence-electron chi connectivity index (χ3n) is 2.08. The summed E-state index contributed by atoms with van der Waals surface area (Å²) in [5.41, 5.74) is 1.18. The smallest absolute Gasteiger partial charge is 0.137 e. The van der Waals surface area contributed by atoms with Gasteiger partial charge in [-0.1, -0.05) is 15.9 Å². The van der Waals surface area contributed by atoms with Gasteiger partial charge >= 0.3 is 0 Å². The minimum atomic E-state index is 0.808. The molecule has 1 heterocycles. The Morgan fingerprint density at radius 3 is 2.93 bits per heavy atom. The molecule has 0 radical (unpaired) electrons. The zero-order valence-electron chi connectivity index (χ0n) is 7.51. The van der Waals surface area contributed by atoms with E-state index in [0.29, 0.717) is 0 Å². The summed E-state index contributed by atoms with van der Waals surface area (Å²) in [6.07, 6.45) is 0. The van der Waals surface area contributed by atoms with E-state index in [0.717, 1.165) is 15.6 Å². The van der Waals surface area contributed by atoms with Gasteiger partial charge in [-0.3, -0.25) is 0 Å². The van der Waals surface area contributed by atoms with Crippen LogP contribution in [0, 0.1) is 0 Å². The summed E-state index contributed by atoms with van der Waals surface area (Å²) >= 11 is 8.78. The Morgan fingerprint density at radius 1 is 1.50 bits per heavy atom. The van der Waals surface area contributed by atoms with E-state index in [1.165, 1.54) is 15.6 Å². The standard InChI is InChI=1S/C10H8Br2OS/c1-13-10-6(5-11)4-8-7(9(10)12)2-3-14-8/h2-4H,5H2,1H3. The van der Waals surface area contributed by atoms with E-state index in [1.54, 1.807) is 18.4 Å². The summed E-state index contributed by atoms with van der Waals surface area (Å²) in [6.45, 7) is 0. The number of fused-ring (bicyclic) bond motifs is 1. The second-order valence-corrected chi connectivity index (χ2v) is 5.15. The van der Waals surface area contributed by atoms with Crippen LogP contribution >= 0.6 is 43.2 Å². The molecule has 1 aromatic carbocycles. The maximum atomic E-state index is 5.37. The van der Waals surface area contributed by atoms with Crippen LogP contribution in [0.3, 0.4) is 0 Å². The Morgan fingerprint density at radius 2 is 2.29 bits per heavy atom. The van der Waals surface area contributed by atoms with Gasteiger partial charge in [0.05, 0.1) is 11.6 Å². The lowest BCUT2D eigenvalue weighted by atomic mass is 10.2. The summed E-state index contributed by atoms with van der Waals surface area (Å²) < 4.78 is 7.71. The monoisotopic (exact) mass is 334 g/mol. The molecule has 0 atom stereocenters. The van der Waals surface area contributed by atoms with Crippen molar-refractivity contribution in [3.05, 3.63) is 27.5 Å². The molecule has 0 N–H and O–H groups in total. The number of rotatable bonds is 2. The zero-order valence-corrected chi connectivity index (χ0v) is 11.5. The molecule has 74 valence electrons. The van der Waals surface area contributed by atoms with Crippen LogP contribution in [0.1, 0.15) is 5.56 Å². The van der Waals surface area contributed by atoms with Crippen LogP contribution in [0.25, 0.3) is 10.1 Å². The number of benzene rings is 1. The molecule has 0 bridgehead atoms. The van der Waals surface area contributed by atoms with E-state index in [-0.39, 0.29) is 0 Å². The molecule has 0 spiro atoms. The molecule has 1 aromatic heterocycles. The van der Waals surface area contributed by atoms with Crippen molar-refractivity contribution in [1.82, 2.24) is 0 Å². The average Bonchev–Trinajstić information content (AvgIpc) is 2.65. The van der Waals surface area contributed by atoms with Crippen molar-refractivity contribution in [2.75, 3.05) is 7.11 Å². The van der Waals surface area contributed by atoms with Gasteiger partial charge in [-0.15, -0.1) is 11.3 Å². The Balaban J connectivity index is 2.79. The number of hydrogen-bond donors (Lipinski definition) is 0. The predicted octanol–water partition coefficient (Wildman–Crippen LogP) is 4.57. The number of hydrogen-bond acceptors (Lipinski definition) is 2. The molecule has 0 fully saturated rings. The summed E-state index contributed by atoms with van der Waals surface area (Å²) in [5.74, 6) is 0.924. The predicted molar refractivity (Wildman–Crippen MR) is 68.7 cm³/mol. The van der Waals surface area contributed by atoms with Crippen molar-refractivity contribution in [1.29, 1.82) is 0 Å². The van der Waals surface area contributed by atoms with Gasteiger partial charge < -0.3 is 4.74 Å². The van der Waals surface area contributed by atoms with Crippen LogP contribution in [0.2, 0.25) is 0 Å². The molecule has 0 amide bonds. The molecule has 2 aromatic rings. The minimum Gasteiger partial charge on any atom is -0.495 e. The average molecular weight is 336 g/mol. The van der Waals surface area contributed by atoms with Gasteiger partial charge in [0.15, 0.2) is 0 Å². The molecular weight excluding hydrogens is 328 g/mol. The fourth-order valence-corrected chi connectivity index (χ4v) is 3.59. The molecule has 0 unspecified atom stereocenters. The van der Waals surface area contributed by atoms with E-state index in [9.17, 15) is 0 Å². The number of methoxy groups -OCH3 is 1. The lowest BCUT2D eigenvalue weighted by molar-refractivity contribution is 0.409. The van der Waals surface area contributed by atoms with E-state index in [1.807, 2.05) is 0 Å². The van der Waals surface area contributed by atoms with Gasteiger partial charge in [0.2, 0.25) is 0 Å². The first kappa shape index (κ1) is 10.5. The lowest BCUT2D eigenvalue weighted by Crippen LogP contribution is -1.90. The zero-order chi connectivity index (χ0) is 10.1. The molecule has 0 aliphatic rings. The maximum absolute atomic E-state index is 5.37. The quantitative estimate of drug-likeness (QED) is 0.730. The van der Waals surface area contributed by atoms with Crippen LogP contribution in [0.5, 0.6) is 5.75 Å². The van der Waals surface area contributed by atoms with Gasteiger partial charge in [-0.05, 0) is 33.4 Å². The Hall–Kier alpha value is -0.0600. The fourth-order valence-electron chi connectivity index (χ4n) is 1.42. The van der Waals surface area contributed by atoms with Crippen molar-refractivity contribution in [2.24, 2.45) is 0 Å². The van der Waals surface area contributed by atoms with Crippen molar-refractivity contribution < 1.29 is 4.74 Å². The first-order valence-electron chi connectivity index (χ1n) is 4.06. The van der Waals surface area contributed by atoms with Crippen LogP contribution < -0.4 is 4.74 Å². The van der Waals surface area contributed by atoms with Crippen LogP contribution in [0.15, 0.2) is 22.0 Å². The van der Waals surface area contributed by atoms with Crippen molar-refractivity contribution in [2.45, 2.75) is 5.33 Å². The SMILES string of the molecule is COc1c(CBr)cc2sccc2c1Br. The molecule has 14 heavy (non-hydrogen) atoms. The molecule has 0 saturated heterocycles. The first-order chi connectivity index (χ1) is 6.77. The highest BCUT2D eigenvalue weighted by atomic mass is 79.9. The second-order valence-electron chi connectivity index (χ2n) is 2.85. The summed E-state index contributed by atoms with van der Waals surface area (Å²) in [4.78, 5) is 0. The van der Waals surface area contributed by atoms with E-state index < -0.39 is 0 Å². The van der Waals surface area contributed by atoms with Crippen LogP contribution in [-0.4, -0.2) is 7.11 Å². The highest BCUT2D eigenvalue weighted by molar-refractivity contribution is 9.10. The van der Waals surface area contributed by atoms with Gasteiger partial charge in [0, 0.05) is 21.0 Å². The topological polar surface area (TPSA) is 9.23 Å². The Bertz CT molecular complexity index is 464. The second kappa shape index (κ2) is 4.21. The lowest BCUT2D eigenvalue weighted by Gasteiger charge is -2.09. The van der Waals surface area contributed by atoms with Gasteiger partial charge in [0.1, 0.15) is 5.75 Å². The van der Waals surface area contributed by atoms with E-state index in [4.69, 9.17) is 4.74 Å². The molecule has 0 aliphatic heterocycles. The molecule has 2 rings (SSSR count). The summed E-state index contributed by atoms with van der Waals surface area (Å²) in [6, 6.07) is 4.27. The number of thiophene rings is 1. The first-order valence-corrected chi connectivity index (χ1v) is 6.86. The number of alkyl halides is 1. The maximum Gasteiger partial charge on any atom is 0.137 e. The molecule has 0 aliphatic carbocycles. The third-order valence-corrected chi connectivity index (χ3v) is 4.33. The highest BCUT2D eigenvalue weighted by Gasteiger charge is 2.11. The largest absolute Gasteiger partial charge is 0.495 e. The normalized spacial score (nSPS) is 10.8. The Labute approximate surface area is 103 Å². The molecule has 4 heteroatoms. The molecular formula is C10H8Br2OS. The number of halogens is 2. The molecule has 0 saturated carbocycles. The van der Waals surface area contributed by atoms with Gasteiger partial charge in [-0.25, -0.2) is 0 Å². The number of ether oxygens (including phenoxy) is 1.